The molecule has 1 aromatic heterocycles. The summed E-state index contributed by atoms with van der Waals surface area (Å²) in [6.07, 6.45) is 5.34. The highest BCUT2D eigenvalue weighted by atomic mass is 16.6. The molecule has 0 atom stereocenters. The van der Waals surface area contributed by atoms with Crippen molar-refractivity contribution < 1.29 is 4.92 Å². The molecule has 74 valence electrons. The fourth-order valence-electron chi connectivity index (χ4n) is 1.11. The number of allylic oxidation sites excluding steroid dienone is 1. The third-order valence-corrected chi connectivity index (χ3v) is 1.98. The third-order valence-electron chi connectivity index (χ3n) is 1.98. The van der Waals surface area contributed by atoms with Crippen LogP contribution in [-0.2, 0) is 0 Å². The van der Waals surface area contributed by atoms with E-state index in [1.165, 1.54) is 0 Å². The fraction of sp³-hybridized carbons (Fsp3) is 0.300. The molecular weight excluding hydrogens is 180 g/mol. The van der Waals surface area contributed by atoms with Crippen molar-refractivity contribution in [3.63, 3.8) is 0 Å². The maximum Gasteiger partial charge on any atom is 0.246 e. The number of hydrogen-bond acceptors (Lipinski definition) is 3. The van der Waals surface area contributed by atoms with E-state index in [1.54, 1.807) is 31.5 Å². The summed E-state index contributed by atoms with van der Waals surface area (Å²) in [7, 11) is 0. The zero-order chi connectivity index (χ0) is 10.6. The smallest absolute Gasteiger partial charge is 0.246 e. The molecule has 0 fully saturated rings. The van der Waals surface area contributed by atoms with Crippen molar-refractivity contribution in [1.29, 1.82) is 0 Å². The number of pyridine rings is 1. The van der Waals surface area contributed by atoms with Crippen molar-refractivity contribution in [2.45, 2.75) is 20.3 Å². The van der Waals surface area contributed by atoms with Crippen LogP contribution in [0.4, 0.5) is 0 Å². The summed E-state index contributed by atoms with van der Waals surface area (Å²) in [6.45, 7) is 3.65. The fourth-order valence-corrected chi connectivity index (χ4v) is 1.11. The van der Waals surface area contributed by atoms with Gasteiger partial charge in [-0.2, -0.15) is 0 Å². The van der Waals surface area contributed by atoms with Crippen molar-refractivity contribution in [3.05, 3.63) is 45.4 Å². The van der Waals surface area contributed by atoms with Gasteiger partial charge in [0.25, 0.3) is 0 Å². The summed E-state index contributed by atoms with van der Waals surface area (Å²) in [4.78, 5) is 14.1. The Labute approximate surface area is 82.4 Å². The van der Waals surface area contributed by atoms with Gasteiger partial charge in [0.1, 0.15) is 0 Å². The van der Waals surface area contributed by atoms with Crippen molar-refractivity contribution >= 4 is 6.08 Å². The van der Waals surface area contributed by atoms with Crippen LogP contribution in [-0.4, -0.2) is 9.91 Å². The van der Waals surface area contributed by atoms with E-state index < -0.39 is 0 Å². The van der Waals surface area contributed by atoms with E-state index in [-0.39, 0.29) is 10.6 Å². The van der Waals surface area contributed by atoms with Gasteiger partial charge in [0.2, 0.25) is 5.70 Å². The first-order valence-electron chi connectivity index (χ1n) is 4.40. The molecule has 0 spiro atoms. The van der Waals surface area contributed by atoms with Gasteiger partial charge in [-0.1, -0.05) is 6.92 Å². The molecule has 0 aliphatic rings. The second-order valence-corrected chi connectivity index (χ2v) is 2.98. The first-order chi connectivity index (χ1) is 6.65. The molecule has 0 amide bonds. The SMILES string of the molecule is CC/C(=C/c1ccncc1C)[N+](=O)[O-]. The lowest BCUT2D eigenvalue weighted by Crippen LogP contribution is -1.97. The molecule has 4 nitrogen and oxygen atoms in total. The van der Waals surface area contributed by atoms with Crippen LogP contribution in [0.1, 0.15) is 24.5 Å². The molecule has 0 N–H and O–H groups in total. The Kier molecular flexibility index (Phi) is 3.34. The number of aryl methyl sites for hydroxylation is 1. The first kappa shape index (κ1) is 10.4. The van der Waals surface area contributed by atoms with E-state index >= 15 is 0 Å². The van der Waals surface area contributed by atoms with E-state index in [1.807, 2.05) is 6.92 Å². The van der Waals surface area contributed by atoms with Crippen molar-refractivity contribution in [1.82, 2.24) is 4.98 Å². The van der Waals surface area contributed by atoms with Crippen LogP contribution in [0.3, 0.4) is 0 Å². The Bertz CT molecular complexity index is 372. The second-order valence-electron chi connectivity index (χ2n) is 2.98. The monoisotopic (exact) mass is 192 g/mol. The Balaban J connectivity index is 3.07. The maximum absolute atomic E-state index is 10.6. The topological polar surface area (TPSA) is 56.0 Å². The predicted molar refractivity (Wildman–Crippen MR) is 54.2 cm³/mol. The molecular formula is C10H12N2O2. The van der Waals surface area contributed by atoms with Crippen molar-refractivity contribution in [3.8, 4) is 0 Å². The minimum absolute atomic E-state index is 0.222. The van der Waals surface area contributed by atoms with Gasteiger partial charge in [0.05, 0.1) is 4.92 Å². The van der Waals surface area contributed by atoms with Crippen LogP contribution in [0.25, 0.3) is 6.08 Å². The molecule has 0 aliphatic carbocycles. The molecule has 0 saturated carbocycles. The first-order valence-corrected chi connectivity index (χ1v) is 4.40. The molecule has 1 aromatic rings. The van der Waals surface area contributed by atoms with Gasteiger partial charge in [0.15, 0.2) is 0 Å². The highest BCUT2D eigenvalue weighted by Crippen LogP contribution is 2.12. The molecule has 4 heteroatoms. The van der Waals surface area contributed by atoms with Crippen LogP contribution in [0.5, 0.6) is 0 Å². The molecule has 1 rings (SSSR count). The largest absolute Gasteiger partial charge is 0.264 e. The number of rotatable bonds is 3. The van der Waals surface area contributed by atoms with Crippen LogP contribution >= 0.6 is 0 Å². The van der Waals surface area contributed by atoms with Crippen LogP contribution < -0.4 is 0 Å². The summed E-state index contributed by atoms with van der Waals surface area (Å²) in [6, 6.07) is 1.77. The van der Waals surface area contributed by atoms with Crippen molar-refractivity contribution in [2.24, 2.45) is 0 Å². The molecule has 14 heavy (non-hydrogen) atoms. The van der Waals surface area contributed by atoms with Crippen molar-refractivity contribution in [2.75, 3.05) is 0 Å². The Morgan fingerprint density at radius 1 is 1.71 bits per heavy atom. The zero-order valence-electron chi connectivity index (χ0n) is 8.23. The Morgan fingerprint density at radius 3 is 2.93 bits per heavy atom. The molecule has 0 unspecified atom stereocenters. The normalized spacial score (nSPS) is 11.4. The standard InChI is InChI=1S/C10H12N2O2/c1-3-10(12(13)14)6-9-4-5-11-7-8(9)2/h4-7H,3H2,1-2H3/b10-6-. The number of aromatic nitrogens is 1. The average Bonchev–Trinajstić information content (AvgIpc) is 2.16. The molecule has 0 aromatic carbocycles. The summed E-state index contributed by atoms with van der Waals surface area (Å²) < 4.78 is 0. The lowest BCUT2D eigenvalue weighted by Gasteiger charge is -1.98. The number of hydrogen-bond donors (Lipinski definition) is 0. The molecule has 1 heterocycles. The highest BCUT2D eigenvalue weighted by Gasteiger charge is 2.07. The van der Waals surface area contributed by atoms with Gasteiger partial charge >= 0.3 is 0 Å². The van der Waals surface area contributed by atoms with Gasteiger partial charge < -0.3 is 0 Å². The Morgan fingerprint density at radius 2 is 2.43 bits per heavy atom. The summed E-state index contributed by atoms with van der Waals surface area (Å²) >= 11 is 0. The average molecular weight is 192 g/mol. The van der Waals surface area contributed by atoms with E-state index in [2.05, 4.69) is 4.98 Å². The van der Waals surface area contributed by atoms with Crippen LogP contribution in [0.2, 0.25) is 0 Å². The van der Waals surface area contributed by atoms with Gasteiger partial charge in [-0.3, -0.25) is 15.1 Å². The third kappa shape index (κ3) is 2.39. The van der Waals surface area contributed by atoms with Gasteiger partial charge in [-0.15, -0.1) is 0 Å². The minimum Gasteiger partial charge on any atom is -0.264 e. The van der Waals surface area contributed by atoms with Gasteiger partial charge in [-0.05, 0) is 24.1 Å². The Hall–Kier alpha value is -1.71. The zero-order valence-corrected chi connectivity index (χ0v) is 8.23. The van der Waals surface area contributed by atoms with Gasteiger partial charge in [-0.25, -0.2) is 0 Å². The number of nitro groups is 1. The van der Waals surface area contributed by atoms with E-state index in [0.29, 0.717) is 6.42 Å². The molecule has 0 radical (unpaired) electrons. The minimum atomic E-state index is -0.347. The summed E-state index contributed by atoms with van der Waals surface area (Å²) in [5.41, 5.74) is 2.02. The van der Waals surface area contributed by atoms with Crippen LogP contribution in [0, 0.1) is 17.0 Å². The molecule has 0 bridgehead atoms. The molecule has 0 aliphatic heterocycles. The second kappa shape index (κ2) is 4.50. The lowest BCUT2D eigenvalue weighted by molar-refractivity contribution is -0.425. The quantitative estimate of drug-likeness (QED) is 0.545. The summed E-state index contributed by atoms with van der Waals surface area (Å²) in [5, 5.41) is 10.6. The van der Waals surface area contributed by atoms with E-state index in [9.17, 15) is 10.1 Å². The summed E-state index contributed by atoms with van der Waals surface area (Å²) in [5.74, 6) is 0. The lowest BCUT2D eigenvalue weighted by atomic mass is 10.1. The van der Waals surface area contributed by atoms with Crippen LogP contribution in [0.15, 0.2) is 24.2 Å². The predicted octanol–water partition coefficient (Wildman–Crippen LogP) is 2.42. The molecule has 0 saturated heterocycles. The van der Waals surface area contributed by atoms with Gasteiger partial charge in [0, 0.05) is 24.9 Å². The van der Waals surface area contributed by atoms with E-state index in [0.717, 1.165) is 11.1 Å². The van der Waals surface area contributed by atoms with E-state index in [4.69, 9.17) is 0 Å². The maximum atomic E-state index is 10.6. The number of nitrogens with zero attached hydrogens (tertiary/aromatic N) is 2. The highest BCUT2D eigenvalue weighted by molar-refractivity contribution is 5.53.